The molecule has 0 saturated heterocycles. The molecule has 0 amide bonds. The Labute approximate surface area is 121 Å². The number of anilines is 2. The standard InChI is InChI=1S/C10H8ClIN4S/c11-8-3-7(12)2-1-6(8)4-14-16-10-15-9(13)5-17-10/h1-5H,13H2,(H,15,16). The molecule has 0 fully saturated rings. The molecule has 0 spiro atoms. The Balaban J connectivity index is 2.05. The summed E-state index contributed by atoms with van der Waals surface area (Å²) >= 11 is 9.66. The van der Waals surface area contributed by atoms with Crippen LogP contribution in [0.4, 0.5) is 10.9 Å². The highest BCUT2D eigenvalue weighted by Crippen LogP contribution is 2.18. The van der Waals surface area contributed by atoms with Crippen molar-refractivity contribution in [3.05, 3.63) is 37.7 Å². The van der Waals surface area contributed by atoms with Gasteiger partial charge in [0, 0.05) is 14.5 Å². The van der Waals surface area contributed by atoms with Gasteiger partial charge in [-0.3, -0.25) is 5.43 Å². The first kappa shape index (κ1) is 12.6. The molecule has 0 radical (unpaired) electrons. The molecule has 1 aromatic carbocycles. The van der Waals surface area contributed by atoms with Gasteiger partial charge in [-0.25, -0.2) is 4.98 Å². The lowest BCUT2D eigenvalue weighted by molar-refractivity contribution is 1.29. The number of hydrogen-bond acceptors (Lipinski definition) is 5. The summed E-state index contributed by atoms with van der Waals surface area (Å²) in [6.45, 7) is 0. The fourth-order valence-electron chi connectivity index (χ4n) is 1.10. The number of benzene rings is 1. The van der Waals surface area contributed by atoms with Gasteiger partial charge in [0.25, 0.3) is 0 Å². The highest BCUT2D eigenvalue weighted by molar-refractivity contribution is 14.1. The van der Waals surface area contributed by atoms with Gasteiger partial charge in [0.1, 0.15) is 5.82 Å². The third-order valence-corrected chi connectivity index (χ3v) is 3.61. The van der Waals surface area contributed by atoms with Gasteiger partial charge in [0.05, 0.1) is 11.2 Å². The predicted octanol–water partition coefficient (Wildman–Crippen LogP) is 3.43. The van der Waals surface area contributed by atoms with Crippen molar-refractivity contribution in [2.45, 2.75) is 0 Å². The Kier molecular flexibility index (Phi) is 4.19. The summed E-state index contributed by atoms with van der Waals surface area (Å²) in [5.74, 6) is 0.486. The molecule has 0 saturated carbocycles. The average molecular weight is 379 g/mol. The van der Waals surface area contributed by atoms with E-state index < -0.39 is 0 Å². The first-order valence-electron chi connectivity index (χ1n) is 4.60. The minimum absolute atomic E-state index is 0.486. The zero-order valence-electron chi connectivity index (χ0n) is 8.52. The number of nitrogens with zero attached hydrogens (tertiary/aromatic N) is 2. The largest absolute Gasteiger partial charge is 0.383 e. The Bertz CT molecular complexity index is 555. The Morgan fingerprint density at radius 3 is 3.00 bits per heavy atom. The van der Waals surface area contributed by atoms with Crippen molar-refractivity contribution in [1.82, 2.24) is 4.98 Å². The molecule has 0 atom stereocenters. The summed E-state index contributed by atoms with van der Waals surface area (Å²) < 4.78 is 1.09. The quantitative estimate of drug-likeness (QED) is 0.489. The SMILES string of the molecule is Nc1csc(NN=Cc2ccc(I)cc2Cl)n1. The van der Waals surface area contributed by atoms with Crippen LogP contribution < -0.4 is 11.2 Å². The Hall–Kier alpha value is -0.860. The monoisotopic (exact) mass is 378 g/mol. The predicted molar refractivity (Wildman–Crippen MR) is 81.9 cm³/mol. The molecule has 0 aliphatic heterocycles. The van der Waals surface area contributed by atoms with E-state index in [0.717, 1.165) is 9.13 Å². The zero-order valence-corrected chi connectivity index (χ0v) is 12.3. The third-order valence-electron chi connectivity index (χ3n) is 1.85. The van der Waals surface area contributed by atoms with E-state index >= 15 is 0 Å². The van der Waals surface area contributed by atoms with Crippen molar-refractivity contribution in [3.8, 4) is 0 Å². The number of nitrogens with one attached hydrogen (secondary N) is 1. The van der Waals surface area contributed by atoms with Crippen molar-refractivity contribution in [3.63, 3.8) is 0 Å². The Morgan fingerprint density at radius 1 is 1.53 bits per heavy atom. The van der Waals surface area contributed by atoms with Crippen LogP contribution in [-0.2, 0) is 0 Å². The smallest absolute Gasteiger partial charge is 0.205 e. The van der Waals surface area contributed by atoms with Crippen molar-refractivity contribution in [2.75, 3.05) is 11.2 Å². The van der Waals surface area contributed by atoms with Crippen LogP contribution in [0.5, 0.6) is 0 Å². The van der Waals surface area contributed by atoms with Crippen LogP contribution >= 0.6 is 45.5 Å². The van der Waals surface area contributed by atoms with Gasteiger partial charge in [-0.1, -0.05) is 17.7 Å². The number of rotatable bonds is 3. The first-order valence-corrected chi connectivity index (χ1v) is 6.94. The van der Waals surface area contributed by atoms with Crippen molar-refractivity contribution in [1.29, 1.82) is 0 Å². The fourth-order valence-corrected chi connectivity index (χ4v) is 2.55. The number of halogens is 2. The topological polar surface area (TPSA) is 63.3 Å². The summed E-state index contributed by atoms with van der Waals surface area (Å²) in [5, 5.41) is 7.11. The van der Waals surface area contributed by atoms with Crippen LogP contribution in [0.2, 0.25) is 5.02 Å². The van der Waals surface area contributed by atoms with Gasteiger partial charge in [-0.15, -0.1) is 11.3 Å². The van der Waals surface area contributed by atoms with Crippen LogP contribution in [0.15, 0.2) is 28.7 Å². The maximum atomic E-state index is 6.06. The van der Waals surface area contributed by atoms with Gasteiger partial charge in [0.2, 0.25) is 5.13 Å². The molecule has 1 heterocycles. The molecule has 17 heavy (non-hydrogen) atoms. The van der Waals surface area contributed by atoms with Gasteiger partial charge in [0.15, 0.2) is 0 Å². The number of nitrogens with two attached hydrogens (primary N) is 1. The maximum Gasteiger partial charge on any atom is 0.205 e. The van der Waals surface area contributed by atoms with Gasteiger partial charge < -0.3 is 5.73 Å². The molecule has 0 unspecified atom stereocenters. The van der Waals surface area contributed by atoms with Gasteiger partial charge in [-0.05, 0) is 34.7 Å². The lowest BCUT2D eigenvalue weighted by atomic mass is 10.2. The summed E-state index contributed by atoms with van der Waals surface area (Å²) in [6.07, 6.45) is 1.65. The summed E-state index contributed by atoms with van der Waals surface area (Å²) in [4.78, 5) is 4.02. The van der Waals surface area contributed by atoms with E-state index in [9.17, 15) is 0 Å². The molecule has 3 N–H and O–H groups in total. The van der Waals surface area contributed by atoms with E-state index in [1.807, 2.05) is 18.2 Å². The van der Waals surface area contributed by atoms with Crippen LogP contribution in [0.25, 0.3) is 0 Å². The molecule has 4 nitrogen and oxygen atoms in total. The average Bonchev–Trinajstić information content (AvgIpc) is 2.68. The van der Waals surface area contributed by atoms with Crippen molar-refractivity contribution in [2.24, 2.45) is 5.10 Å². The van der Waals surface area contributed by atoms with E-state index in [-0.39, 0.29) is 0 Å². The lowest BCUT2D eigenvalue weighted by Gasteiger charge is -1.98. The van der Waals surface area contributed by atoms with Gasteiger partial charge >= 0.3 is 0 Å². The minimum atomic E-state index is 0.486. The van der Waals surface area contributed by atoms with E-state index in [4.69, 9.17) is 17.3 Å². The van der Waals surface area contributed by atoms with E-state index in [2.05, 4.69) is 38.1 Å². The number of hydrazone groups is 1. The third kappa shape index (κ3) is 3.55. The molecule has 0 bridgehead atoms. The van der Waals surface area contributed by atoms with E-state index in [1.165, 1.54) is 11.3 Å². The Morgan fingerprint density at radius 2 is 2.35 bits per heavy atom. The zero-order chi connectivity index (χ0) is 12.3. The summed E-state index contributed by atoms with van der Waals surface area (Å²) in [7, 11) is 0. The summed E-state index contributed by atoms with van der Waals surface area (Å²) in [5.41, 5.74) is 9.13. The number of hydrogen-bond donors (Lipinski definition) is 2. The van der Waals surface area contributed by atoms with Crippen molar-refractivity contribution < 1.29 is 0 Å². The van der Waals surface area contributed by atoms with Crippen LogP contribution in [0.1, 0.15) is 5.56 Å². The maximum absolute atomic E-state index is 6.06. The number of nitrogen functional groups attached to an aromatic ring is 1. The minimum Gasteiger partial charge on any atom is -0.383 e. The van der Waals surface area contributed by atoms with Crippen LogP contribution in [0.3, 0.4) is 0 Å². The van der Waals surface area contributed by atoms with Crippen LogP contribution in [-0.4, -0.2) is 11.2 Å². The normalized spacial score (nSPS) is 10.9. The van der Waals surface area contributed by atoms with Crippen LogP contribution in [0, 0.1) is 3.57 Å². The summed E-state index contributed by atoms with van der Waals surface area (Å²) in [6, 6.07) is 5.76. The molecular weight excluding hydrogens is 371 g/mol. The lowest BCUT2D eigenvalue weighted by Crippen LogP contribution is -1.92. The molecule has 2 aromatic rings. The number of thiazole rings is 1. The molecule has 7 heteroatoms. The highest BCUT2D eigenvalue weighted by atomic mass is 127. The second-order valence-electron chi connectivity index (χ2n) is 3.11. The molecule has 2 rings (SSSR count). The fraction of sp³-hybridized carbons (Fsp3) is 0. The van der Waals surface area contributed by atoms with E-state index in [1.54, 1.807) is 11.6 Å². The molecule has 0 aliphatic carbocycles. The molecular formula is C10H8ClIN4S. The van der Waals surface area contributed by atoms with E-state index in [0.29, 0.717) is 16.0 Å². The number of aromatic nitrogens is 1. The second kappa shape index (κ2) is 5.65. The molecule has 0 aliphatic rings. The first-order chi connectivity index (χ1) is 8.15. The second-order valence-corrected chi connectivity index (χ2v) is 5.62. The highest BCUT2D eigenvalue weighted by Gasteiger charge is 1.98. The molecule has 1 aromatic heterocycles. The van der Waals surface area contributed by atoms with Crippen molar-refractivity contribution >= 4 is 62.7 Å². The van der Waals surface area contributed by atoms with Gasteiger partial charge in [-0.2, -0.15) is 5.10 Å². The molecule has 88 valence electrons.